The fourth-order valence-electron chi connectivity index (χ4n) is 2.06. The van der Waals surface area contributed by atoms with E-state index in [1.165, 1.54) is 6.33 Å². The van der Waals surface area contributed by atoms with Gasteiger partial charge in [0.25, 0.3) is 5.91 Å². The number of nitrogens with one attached hydrogen (secondary N) is 2. The summed E-state index contributed by atoms with van der Waals surface area (Å²) < 4.78 is 0. The van der Waals surface area contributed by atoms with Crippen LogP contribution in [-0.4, -0.2) is 48.0 Å². The van der Waals surface area contributed by atoms with Gasteiger partial charge in [0, 0.05) is 24.2 Å². The molecule has 0 saturated carbocycles. The maximum Gasteiger partial charge on any atom is 0.270 e. The van der Waals surface area contributed by atoms with E-state index in [9.17, 15) is 4.79 Å². The molecule has 0 fully saturated rings. The van der Waals surface area contributed by atoms with Gasteiger partial charge in [-0.2, -0.15) is 0 Å². The van der Waals surface area contributed by atoms with Gasteiger partial charge in [0.15, 0.2) is 0 Å². The number of amides is 1. The average molecular weight is 348 g/mol. The van der Waals surface area contributed by atoms with Crippen LogP contribution < -0.4 is 10.6 Å². The Hall–Kier alpha value is -2.18. The van der Waals surface area contributed by atoms with Crippen LogP contribution in [0.5, 0.6) is 0 Å². The zero-order valence-corrected chi connectivity index (χ0v) is 14.7. The quantitative estimate of drug-likeness (QED) is 0.718. The molecule has 0 spiro atoms. The Labute approximate surface area is 147 Å². The molecular formula is C17H22ClN5O. The molecule has 128 valence electrons. The van der Waals surface area contributed by atoms with Gasteiger partial charge in [-0.3, -0.25) is 4.79 Å². The molecule has 0 atom stereocenters. The van der Waals surface area contributed by atoms with Gasteiger partial charge in [-0.05, 0) is 44.8 Å². The molecule has 1 amide bonds. The Bertz CT molecular complexity index is 660. The summed E-state index contributed by atoms with van der Waals surface area (Å²) >= 11 is 5.87. The van der Waals surface area contributed by atoms with E-state index < -0.39 is 0 Å². The number of hydrogen-bond acceptors (Lipinski definition) is 5. The Morgan fingerprint density at radius 2 is 1.96 bits per heavy atom. The van der Waals surface area contributed by atoms with E-state index >= 15 is 0 Å². The summed E-state index contributed by atoms with van der Waals surface area (Å²) in [6.45, 7) is 2.14. The topological polar surface area (TPSA) is 70.2 Å². The van der Waals surface area contributed by atoms with Crippen LogP contribution in [0.15, 0.2) is 36.7 Å². The van der Waals surface area contributed by atoms with E-state index in [1.54, 1.807) is 6.07 Å². The number of benzene rings is 1. The summed E-state index contributed by atoms with van der Waals surface area (Å²) in [7, 11) is 4.01. The monoisotopic (exact) mass is 347 g/mol. The molecule has 0 unspecified atom stereocenters. The molecular weight excluding hydrogens is 326 g/mol. The zero-order valence-electron chi connectivity index (χ0n) is 13.9. The third-order valence-corrected chi connectivity index (χ3v) is 3.61. The molecule has 0 radical (unpaired) electrons. The molecule has 2 rings (SSSR count). The maximum absolute atomic E-state index is 12.1. The molecule has 0 saturated heterocycles. The number of nitrogens with zero attached hydrogens (tertiary/aromatic N) is 3. The van der Waals surface area contributed by atoms with Crippen LogP contribution in [0.3, 0.4) is 0 Å². The van der Waals surface area contributed by atoms with Crippen molar-refractivity contribution in [3.05, 3.63) is 52.9 Å². The van der Waals surface area contributed by atoms with Crippen LogP contribution in [0, 0.1) is 0 Å². The van der Waals surface area contributed by atoms with Gasteiger partial charge in [-0.15, -0.1) is 0 Å². The van der Waals surface area contributed by atoms with Crippen molar-refractivity contribution < 1.29 is 4.79 Å². The van der Waals surface area contributed by atoms with E-state index in [4.69, 9.17) is 11.6 Å². The third-order valence-electron chi connectivity index (χ3n) is 3.35. The summed E-state index contributed by atoms with van der Waals surface area (Å²) in [6, 6.07) is 9.21. The van der Waals surface area contributed by atoms with Crippen LogP contribution in [0.25, 0.3) is 0 Å². The minimum absolute atomic E-state index is 0.189. The van der Waals surface area contributed by atoms with Crippen molar-refractivity contribution in [1.29, 1.82) is 0 Å². The summed E-state index contributed by atoms with van der Waals surface area (Å²) in [6.07, 6.45) is 2.28. The van der Waals surface area contributed by atoms with Gasteiger partial charge in [-0.1, -0.05) is 23.7 Å². The maximum atomic E-state index is 12.1. The van der Waals surface area contributed by atoms with E-state index in [0.29, 0.717) is 29.6 Å². The highest BCUT2D eigenvalue weighted by Crippen LogP contribution is 2.11. The molecule has 2 aromatic rings. The summed E-state index contributed by atoms with van der Waals surface area (Å²) in [5.74, 6) is 0.420. The second kappa shape index (κ2) is 9.20. The molecule has 1 heterocycles. The smallest absolute Gasteiger partial charge is 0.270 e. The molecule has 6 nitrogen and oxygen atoms in total. The van der Waals surface area contributed by atoms with Crippen LogP contribution in [0.4, 0.5) is 5.82 Å². The van der Waals surface area contributed by atoms with E-state index in [1.807, 2.05) is 38.4 Å². The molecule has 0 aliphatic carbocycles. The second-order valence-electron chi connectivity index (χ2n) is 5.68. The minimum atomic E-state index is -0.189. The third kappa shape index (κ3) is 6.14. The fraction of sp³-hybridized carbons (Fsp3) is 0.353. The van der Waals surface area contributed by atoms with Gasteiger partial charge in [0.1, 0.15) is 17.8 Å². The molecule has 1 aromatic heterocycles. The van der Waals surface area contributed by atoms with Crippen LogP contribution in [0.1, 0.15) is 22.5 Å². The van der Waals surface area contributed by atoms with Crippen molar-refractivity contribution in [1.82, 2.24) is 20.2 Å². The van der Waals surface area contributed by atoms with Gasteiger partial charge in [0.2, 0.25) is 0 Å². The molecule has 2 N–H and O–H groups in total. The van der Waals surface area contributed by atoms with Crippen LogP contribution >= 0.6 is 11.6 Å². The van der Waals surface area contributed by atoms with E-state index in [-0.39, 0.29) is 5.91 Å². The predicted molar refractivity (Wildman–Crippen MR) is 96.3 cm³/mol. The number of rotatable bonds is 8. The average Bonchev–Trinajstić information content (AvgIpc) is 2.58. The normalized spacial score (nSPS) is 10.7. The molecule has 7 heteroatoms. The van der Waals surface area contributed by atoms with Crippen molar-refractivity contribution in [3.8, 4) is 0 Å². The lowest BCUT2D eigenvalue weighted by atomic mass is 10.2. The molecule has 0 aliphatic heterocycles. The number of carbonyl (C=O) groups is 1. The largest absolute Gasteiger partial charge is 0.366 e. The van der Waals surface area contributed by atoms with Gasteiger partial charge in [0.05, 0.1) is 0 Å². The number of anilines is 1. The van der Waals surface area contributed by atoms with Gasteiger partial charge in [-0.25, -0.2) is 9.97 Å². The highest BCUT2D eigenvalue weighted by atomic mass is 35.5. The predicted octanol–water partition coefficient (Wildman–Crippen LogP) is 2.42. The molecule has 24 heavy (non-hydrogen) atoms. The van der Waals surface area contributed by atoms with Crippen molar-refractivity contribution in [3.63, 3.8) is 0 Å². The van der Waals surface area contributed by atoms with Crippen LogP contribution in [0.2, 0.25) is 5.02 Å². The van der Waals surface area contributed by atoms with Crippen molar-refractivity contribution in [2.75, 3.05) is 32.5 Å². The summed E-state index contributed by atoms with van der Waals surface area (Å²) in [5, 5.41) is 6.74. The Kier molecular flexibility index (Phi) is 6.96. The molecule has 1 aromatic carbocycles. The first kappa shape index (κ1) is 18.2. The van der Waals surface area contributed by atoms with E-state index in [2.05, 4.69) is 25.5 Å². The first-order chi connectivity index (χ1) is 11.5. The summed E-state index contributed by atoms with van der Waals surface area (Å²) in [5.41, 5.74) is 1.43. The first-order valence-electron chi connectivity index (χ1n) is 7.78. The Morgan fingerprint density at radius 1 is 1.21 bits per heavy atom. The summed E-state index contributed by atoms with van der Waals surface area (Å²) in [4.78, 5) is 22.3. The lowest BCUT2D eigenvalue weighted by Gasteiger charge is -2.10. The van der Waals surface area contributed by atoms with Crippen molar-refractivity contribution in [2.24, 2.45) is 0 Å². The Morgan fingerprint density at radius 3 is 2.67 bits per heavy atom. The lowest BCUT2D eigenvalue weighted by molar-refractivity contribution is 0.0947. The molecule has 0 bridgehead atoms. The number of carbonyl (C=O) groups excluding carboxylic acids is 1. The number of halogens is 1. The van der Waals surface area contributed by atoms with Gasteiger partial charge >= 0.3 is 0 Å². The van der Waals surface area contributed by atoms with Gasteiger partial charge < -0.3 is 15.5 Å². The van der Waals surface area contributed by atoms with Crippen molar-refractivity contribution >= 4 is 23.3 Å². The lowest BCUT2D eigenvalue weighted by Crippen LogP contribution is -2.27. The Balaban J connectivity index is 1.86. The minimum Gasteiger partial charge on any atom is -0.366 e. The standard InChI is InChI=1S/C17H22ClN5O/c1-23(2)9-3-8-19-17(24)15-10-16(22-12-21-15)20-11-13-4-6-14(18)7-5-13/h4-7,10,12H,3,8-9,11H2,1-2H3,(H,19,24)(H,20,21,22). The molecule has 0 aliphatic rings. The zero-order chi connectivity index (χ0) is 17.4. The first-order valence-corrected chi connectivity index (χ1v) is 8.15. The van der Waals surface area contributed by atoms with Crippen LogP contribution in [-0.2, 0) is 6.54 Å². The fourth-order valence-corrected chi connectivity index (χ4v) is 2.19. The second-order valence-corrected chi connectivity index (χ2v) is 6.12. The van der Waals surface area contributed by atoms with E-state index in [0.717, 1.165) is 18.5 Å². The van der Waals surface area contributed by atoms with Crippen molar-refractivity contribution in [2.45, 2.75) is 13.0 Å². The highest BCUT2D eigenvalue weighted by Gasteiger charge is 2.08. The highest BCUT2D eigenvalue weighted by molar-refractivity contribution is 6.30. The number of aromatic nitrogens is 2. The SMILES string of the molecule is CN(C)CCCNC(=O)c1cc(NCc2ccc(Cl)cc2)ncn1. The number of hydrogen-bond donors (Lipinski definition) is 2.